The Bertz CT molecular complexity index is 1410. The average molecular weight is 781 g/mol. The molecule has 0 spiro atoms. The van der Waals surface area contributed by atoms with E-state index in [0.29, 0.717) is 25.7 Å². The van der Waals surface area contributed by atoms with Gasteiger partial charge in [-0.1, -0.05) is 198 Å². The van der Waals surface area contributed by atoms with E-state index in [-0.39, 0.29) is 38.0 Å². The average Bonchev–Trinajstić information content (AvgIpc) is 3.21. The minimum absolute atomic E-state index is 0.149. The molecule has 0 N–H and O–H groups in total. The topological polar surface area (TPSA) is 78.9 Å². The highest BCUT2D eigenvalue weighted by molar-refractivity contribution is 5.71. The summed E-state index contributed by atoms with van der Waals surface area (Å²) in [7, 11) is 0. The molecule has 6 heteroatoms. The van der Waals surface area contributed by atoms with Crippen molar-refractivity contribution in [3.63, 3.8) is 0 Å². The van der Waals surface area contributed by atoms with E-state index in [4.69, 9.17) is 14.2 Å². The van der Waals surface area contributed by atoms with Crippen molar-refractivity contribution in [3.05, 3.63) is 158 Å². The zero-order valence-electron chi connectivity index (χ0n) is 35.3. The summed E-state index contributed by atoms with van der Waals surface area (Å²) >= 11 is 0. The van der Waals surface area contributed by atoms with Crippen LogP contribution in [0.15, 0.2) is 158 Å². The molecule has 0 heterocycles. The van der Waals surface area contributed by atoms with E-state index in [1.54, 1.807) is 0 Å². The molecule has 57 heavy (non-hydrogen) atoms. The van der Waals surface area contributed by atoms with Gasteiger partial charge in [-0.3, -0.25) is 14.4 Å². The highest BCUT2D eigenvalue weighted by Gasteiger charge is 2.19. The number of rotatable bonds is 34. The van der Waals surface area contributed by atoms with Crippen LogP contribution in [-0.2, 0) is 28.6 Å². The summed E-state index contributed by atoms with van der Waals surface area (Å²) in [6, 6.07) is 0. The molecule has 0 aliphatic heterocycles. The lowest BCUT2D eigenvalue weighted by Gasteiger charge is -2.18. The number of esters is 3. The molecule has 0 saturated carbocycles. The predicted octanol–water partition coefficient (Wildman–Crippen LogP) is 13.5. The van der Waals surface area contributed by atoms with Crippen LogP contribution >= 0.6 is 0 Å². The predicted molar refractivity (Wildman–Crippen MR) is 242 cm³/mol. The third-order valence-electron chi connectivity index (χ3n) is 7.83. The molecular weight excluding hydrogens is 709 g/mol. The zero-order valence-corrected chi connectivity index (χ0v) is 35.3. The molecule has 0 aliphatic rings. The van der Waals surface area contributed by atoms with Crippen LogP contribution in [0.4, 0.5) is 0 Å². The molecule has 0 aromatic carbocycles. The van der Waals surface area contributed by atoms with Gasteiger partial charge >= 0.3 is 17.9 Å². The molecule has 0 amide bonds. The lowest BCUT2D eigenvalue weighted by Crippen LogP contribution is -2.30. The van der Waals surface area contributed by atoms with E-state index in [1.807, 2.05) is 122 Å². The van der Waals surface area contributed by atoms with E-state index in [2.05, 4.69) is 57.2 Å². The van der Waals surface area contributed by atoms with Crippen molar-refractivity contribution in [1.82, 2.24) is 0 Å². The third kappa shape index (κ3) is 42.0. The van der Waals surface area contributed by atoms with Crippen molar-refractivity contribution in [2.45, 2.75) is 130 Å². The summed E-state index contributed by atoms with van der Waals surface area (Å²) in [5, 5.41) is 0. The van der Waals surface area contributed by atoms with Crippen molar-refractivity contribution in [2.24, 2.45) is 0 Å². The van der Waals surface area contributed by atoms with Gasteiger partial charge in [0.25, 0.3) is 0 Å². The smallest absolute Gasteiger partial charge is 0.306 e. The monoisotopic (exact) mass is 781 g/mol. The Labute approximate surface area is 346 Å². The second kappa shape index (κ2) is 43.8. The SMILES string of the molecule is CC\C=C/C=C\C=C/C=C\C=C/CCCC(=O)OCC(COC(=O)CCCCCCC\C=C/C=C\C=C/CC)OC(=O)CCC\C=C/C=C\C=C/C=C\C=C/CC. The number of allylic oxidation sites excluding steroid dienone is 26. The van der Waals surface area contributed by atoms with Gasteiger partial charge in [0.1, 0.15) is 13.2 Å². The number of hydrogen-bond donors (Lipinski definition) is 0. The van der Waals surface area contributed by atoms with Crippen LogP contribution in [0.5, 0.6) is 0 Å². The van der Waals surface area contributed by atoms with Crippen molar-refractivity contribution >= 4 is 17.9 Å². The summed E-state index contributed by atoms with van der Waals surface area (Å²) in [5.41, 5.74) is 0. The molecule has 1 atom stereocenters. The molecule has 0 aromatic rings. The van der Waals surface area contributed by atoms with Crippen LogP contribution < -0.4 is 0 Å². The van der Waals surface area contributed by atoms with Gasteiger partial charge in [-0.15, -0.1) is 0 Å². The maximum Gasteiger partial charge on any atom is 0.306 e. The standard InChI is InChI=1S/C51H72O6/c1-4-7-10-13-16-19-22-25-28-31-34-37-40-43-49(52)55-46-48(57-51(54)45-42-39-36-33-30-27-24-21-18-15-12-9-6-3)47-56-50(53)44-41-38-35-32-29-26-23-20-17-14-11-8-5-2/h7-25,27-28,30-31,33-34,36,48H,4-6,26,29,32,35,37-47H2,1-3H3/b10-7-,11-8-,12-9-,16-13-,17-14-,18-15-,22-19-,23-20-,24-21-,28-25-,30-27-,34-31-,36-33-. The Morgan fingerprint density at radius 2 is 0.649 bits per heavy atom. The normalized spacial score (nSPS) is 13.7. The van der Waals surface area contributed by atoms with Crippen LogP contribution in [0.1, 0.15) is 124 Å². The number of carbonyl (C=O) groups excluding carboxylic acids is 3. The number of unbranched alkanes of at least 4 members (excludes halogenated alkanes) is 7. The van der Waals surface area contributed by atoms with Gasteiger partial charge in [0, 0.05) is 19.3 Å². The highest BCUT2D eigenvalue weighted by atomic mass is 16.6. The van der Waals surface area contributed by atoms with Crippen LogP contribution in [0.3, 0.4) is 0 Å². The van der Waals surface area contributed by atoms with Crippen LogP contribution in [-0.4, -0.2) is 37.2 Å². The van der Waals surface area contributed by atoms with Crippen molar-refractivity contribution in [1.29, 1.82) is 0 Å². The van der Waals surface area contributed by atoms with Crippen LogP contribution in [0.25, 0.3) is 0 Å². The van der Waals surface area contributed by atoms with Gasteiger partial charge in [0.15, 0.2) is 6.10 Å². The first-order valence-corrected chi connectivity index (χ1v) is 21.2. The number of hydrogen-bond acceptors (Lipinski definition) is 6. The lowest BCUT2D eigenvalue weighted by molar-refractivity contribution is -0.167. The molecular formula is C51H72O6. The molecule has 0 rings (SSSR count). The van der Waals surface area contributed by atoms with Crippen LogP contribution in [0.2, 0.25) is 0 Å². The van der Waals surface area contributed by atoms with E-state index in [9.17, 15) is 14.4 Å². The molecule has 0 aliphatic carbocycles. The largest absolute Gasteiger partial charge is 0.462 e. The maximum absolute atomic E-state index is 12.7. The fourth-order valence-electron chi connectivity index (χ4n) is 4.73. The second-order valence-electron chi connectivity index (χ2n) is 13.1. The second-order valence-corrected chi connectivity index (χ2v) is 13.1. The molecule has 0 saturated heterocycles. The van der Waals surface area contributed by atoms with Gasteiger partial charge in [0.05, 0.1) is 0 Å². The fourth-order valence-corrected chi connectivity index (χ4v) is 4.73. The molecule has 0 bridgehead atoms. The minimum atomic E-state index is -0.858. The first-order valence-electron chi connectivity index (χ1n) is 21.2. The Morgan fingerprint density at radius 3 is 1.05 bits per heavy atom. The Kier molecular flexibility index (Phi) is 39.9. The zero-order chi connectivity index (χ0) is 41.5. The molecule has 312 valence electrons. The van der Waals surface area contributed by atoms with Gasteiger partial charge in [-0.05, 0) is 64.2 Å². The Hall–Kier alpha value is -4.97. The Morgan fingerprint density at radius 1 is 0.351 bits per heavy atom. The van der Waals surface area contributed by atoms with Gasteiger partial charge in [-0.25, -0.2) is 0 Å². The molecule has 6 nitrogen and oxygen atoms in total. The highest BCUT2D eigenvalue weighted by Crippen LogP contribution is 2.10. The van der Waals surface area contributed by atoms with Crippen LogP contribution in [0, 0.1) is 0 Å². The molecule has 1 unspecified atom stereocenters. The van der Waals surface area contributed by atoms with E-state index >= 15 is 0 Å². The van der Waals surface area contributed by atoms with E-state index < -0.39 is 12.1 Å². The third-order valence-corrected chi connectivity index (χ3v) is 7.83. The van der Waals surface area contributed by atoms with E-state index in [0.717, 1.165) is 64.2 Å². The Balaban J connectivity index is 4.71. The summed E-state index contributed by atoms with van der Waals surface area (Å²) in [4.78, 5) is 37.6. The molecule has 0 fully saturated rings. The van der Waals surface area contributed by atoms with Gasteiger partial charge < -0.3 is 14.2 Å². The molecule has 0 radical (unpaired) electrons. The fraction of sp³-hybridized carbons (Fsp3) is 0.431. The quantitative estimate of drug-likeness (QED) is 0.0280. The minimum Gasteiger partial charge on any atom is -0.462 e. The van der Waals surface area contributed by atoms with Gasteiger partial charge in [-0.2, -0.15) is 0 Å². The summed E-state index contributed by atoms with van der Waals surface area (Å²) < 4.78 is 16.5. The summed E-state index contributed by atoms with van der Waals surface area (Å²) in [6.07, 6.45) is 63.8. The lowest BCUT2D eigenvalue weighted by atomic mass is 10.1. The number of carbonyl (C=O) groups is 3. The summed E-state index contributed by atoms with van der Waals surface area (Å²) in [5.74, 6) is -1.14. The summed E-state index contributed by atoms with van der Waals surface area (Å²) in [6.45, 7) is 6.01. The van der Waals surface area contributed by atoms with Crippen molar-refractivity contribution in [2.75, 3.05) is 13.2 Å². The van der Waals surface area contributed by atoms with E-state index in [1.165, 1.54) is 0 Å². The van der Waals surface area contributed by atoms with Crippen molar-refractivity contribution in [3.8, 4) is 0 Å². The first kappa shape index (κ1) is 52.0. The first-order chi connectivity index (χ1) is 28.0. The number of ether oxygens (including phenoxy) is 3. The maximum atomic E-state index is 12.7. The van der Waals surface area contributed by atoms with Gasteiger partial charge in [0.2, 0.25) is 0 Å². The van der Waals surface area contributed by atoms with Crippen molar-refractivity contribution < 1.29 is 28.6 Å². The molecule has 0 aromatic heterocycles.